The van der Waals surface area contributed by atoms with Gasteiger partial charge in [-0.3, -0.25) is 4.68 Å². The van der Waals surface area contributed by atoms with Gasteiger partial charge in [0.05, 0.1) is 11.6 Å². The lowest BCUT2D eigenvalue weighted by Crippen LogP contribution is -1.95. The van der Waals surface area contributed by atoms with Crippen LogP contribution in [0.15, 0.2) is 6.07 Å². The van der Waals surface area contributed by atoms with Crippen LogP contribution in [0.5, 0.6) is 0 Å². The molecule has 1 rings (SSSR count). The highest BCUT2D eigenvalue weighted by molar-refractivity contribution is 5.19. The van der Waals surface area contributed by atoms with E-state index in [-0.39, 0.29) is 5.92 Å². The van der Waals surface area contributed by atoms with Crippen LogP contribution in [0, 0.1) is 19.3 Å². The van der Waals surface area contributed by atoms with Crippen LogP contribution in [0.3, 0.4) is 0 Å². The standard InChI is InChI=1S/C9H12N2/c1-5-7(2)9-6-8(3)11(4)10-9/h1,6-7H,2-4H3. The summed E-state index contributed by atoms with van der Waals surface area (Å²) in [6, 6.07) is 2.02. The maximum absolute atomic E-state index is 5.26. The molecule has 0 aliphatic rings. The van der Waals surface area contributed by atoms with Gasteiger partial charge in [-0.05, 0) is 19.9 Å². The third kappa shape index (κ3) is 1.43. The molecular weight excluding hydrogens is 136 g/mol. The Morgan fingerprint density at radius 2 is 2.36 bits per heavy atom. The first-order valence-corrected chi connectivity index (χ1v) is 3.62. The third-order valence-electron chi connectivity index (χ3n) is 1.83. The summed E-state index contributed by atoms with van der Waals surface area (Å²) in [4.78, 5) is 0. The van der Waals surface area contributed by atoms with Crippen molar-refractivity contribution in [2.45, 2.75) is 19.8 Å². The number of aryl methyl sites for hydroxylation is 2. The SMILES string of the molecule is C#CC(C)c1cc(C)n(C)n1. The first-order valence-electron chi connectivity index (χ1n) is 3.62. The Morgan fingerprint density at radius 1 is 1.73 bits per heavy atom. The molecule has 0 bridgehead atoms. The Balaban J connectivity index is 2.99. The first kappa shape index (κ1) is 7.87. The van der Waals surface area contributed by atoms with Crippen molar-refractivity contribution in [3.8, 4) is 12.3 Å². The summed E-state index contributed by atoms with van der Waals surface area (Å²) in [5.41, 5.74) is 2.12. The second-order valence-corrected chi connectivity index (χ2v) is 2.72. The quantitative estimate of drug-likeness (QED) is 0.551. The fourth-order valence-electron chi connectivity index (χ4n) is 0.885. The summed E-state index contributed by atoms with van der Waals surface area (Å²) in [5, 5.41) is 4.26. The zero-order valence-electron chi connectivity index (χ0n) is 7.13. The number of terminal acetylenes is 1. The summed E-state index contributed by atoms with van der Waals surface area (Å²) in [5.74, 6) is 2.77. The van der Waals surface area contributed by atoms with Crippen LogP contribution in [0.4, 0.5) is 0 Å². The highest BCUT2D eigenvalue weighted by atomic mass is 15.3. The van der Waals surface area contributed by atoms with Gasteiger partial charge in [-0.1, -0.05) is 5.92 Å². The van der Waals surface area contributed by atoms with E-state index in [0.29, 0.717) is 0 Å². The largest absolute Gasteiger partial charge is 0.273 e. The minimum atomic E-state index is 0.120. The number of hydrogen-bond donors (Lipinski definition) is 0. The normalized spacial score (nSPS) is 12.5. The molecule has 11 heavy (non-hydrogen) atoms. The van der Waals surface area contributed by atoms with Gasteiger partial charge in [-0.2, -0.15) is 5.10 Å². The van der Waals surface area contributed by atoms with E-state index in [1.54, 1.807) is 0 Å². The molecule has 58 valence electrons. The molecule has 0 saturated heterocycles. The molecule has 0 N–H and O–H groups in total. The summed E-state index contributed by atoms with van der Waals surface area (Å²) >= 11 is 0. The van der Waals surface area contributed by atoms with E-state index in [2.05, 4.69) is 11.0 Å². The van der Waals surface area contributed by atoms with Crippen molar-refractivity contribution in [3.63, 3.8) is 0 Å². The predicted octanol–water partition coefficient (Wildman–Crippen LogP) is 1.47. The van der Waals surface area contributed by atoms with E-state index in [4.69, 9.17) is 6.42 Å². The van der Waals surface area contributed by atoms with Gasteiger partial charge >= 0.3 is 0 Å². The van der Waals surface area contributed by atoms with Gasteiger partial charge < -0.3 is 0 Å². The lowest BCUT2D eigenvalue weighted by molar-refractivity contribution is 0.715. The van der Waals surface area contributed by atoms with Crippen LogP contribution in [0.2, 0.25) is 0 Å². The van der Waals surface area contributed by atoms with Gasteiger partial charge in [-0.15, -0.1) is 6.42 Å². The van der Waals surface area contributed by atoms with E-state index in [1.807, 2.05) is 31.6 Å². The van der Waals surface area contributed by atoms with Gasteiger partial charge in [0.1, 0.15) is 0 Å². The van der Waals surface area contributed by atoms with Crippen molar-refractivity contribution in [2.75, 3.05) is 0 Å². The molecule has 1 atom stereocenters. The highest BCUT2D eigenvalue weighted by Crippen LogP contribution is 2.12. The lowest BCUT2D eigenvalue weighted by atomic mass is 10.1. The van der Waals surface area contributed by atoms with Crippen LogP contribution in [-0.2, 0) is 7.05 Å². The van der Waals surface area contributed by atoms with Gasteiger partial charge in [0, 0.05) is 12.7 Å². The molecule has 0 aliphatic carbocycles. The van der Waals surface area contributed by atoms with E-state index in [0.717, 1.165) is 11.4 Å². The van der Waals surface area contributed by atoms with Crippen LogP contribution < -0.4 is 0 Å². The Hall–Kier alpha value is -1.23. The predicted molar refractivity (Wildman–Crippen MR) is 45.2 cm³/mol. The zero-order chi connectivity index (χ0) is 8.43. The molecule has 1 heterocycles. The monoisotopic (exact) mass is 148 g/mol. The zero-order valence-corrected chi connectivity index (χ0v) is 7.13. The maximum atomic E-state index is 5.26. The summed E-state index contributed by atoms with van der Waals surface area (Å²) < 4.78 is 1.84. The second kappa shape index (κ2) is 2.79. The van der Waals surface area contributed by atoms with Gasteiger partial charge in [0.15, 0.2) is 0 Å². The number of rotatable bonds is 1. The molecule has 0 aromatic carbocycles. The minimum absolute atomic E-state index is 0.120. The average molecular weight is 148 g/mol. The fraction of sp³-hybridized carbons (Fsp3) is 0.444. The van der Waals surface area contributed by atoms with Gasteiger partial charge in [-0.25, -0.2) is 0 Å². The van der Waals surface area contributed by atoms with Crippen molar-refractivity contribution in [3.05, 3.63) is 17.5 Å². The Bertz CT molecular complexity index is 272. The van der Waals surface area contributed by atoms with Crippen molar-refractivity contribution in [1.29, 1.82) is 0 Å². The molecule has 0 radical (unpaired) electrons. The van der Waals surface area contributed by atoms with Crippen LogP contribution in [0.1, 0.15) is 24.2 Å². The van der Waals surface area contributed by atoms with E-state index >= 15 is 0 Å². The summed E-state index contributed by atoms with van der Waals surface area (Å²) in [7, 11) is 1.92. The molecule has 1 aromatic rings. The molecule has 2 heteroatoms. The Morgan fingerprint density at radius 3 is 2.73 bits per heavy atom. The highest BCUT2D eigenvalue weighted by Gasteiger charge is 2.06. The molecule has 0 fully saturated rings. The number of nitrogens with zero attached hydrogens (tertiary/aromatic N) is 2. The van der Waals surface area contributed by atoms with Gasteiger partial charge in [0.2, 0.25) is 0 Å². The van der Waals surface area contributed by atoms with Crippen LogP contribution in [-0.4, -0.2) is 9.78 Å². The smallest absolute Gasteiger partial charge is 0.0774 e. The summed E-state index contributed by atoms with van der Waals surface area (Å²) in [6.07, 6.45) is 5.26. The number of aromatic nitrogens is 2. The van der Waals surface area contributed by atoms with Crippen molar-refractivity contribution >= 4 is 0 Å². The van der Waals surface area contributed by atoms with Gasteiger partial charge in [0.25, 0.3) is 0 Å². The topological polar surface area (TPSA) is 17.8 Å². The Kier molecular flexibility index (Phi) is 2.00. The second-order valence-electron chi connectivity index (χ2n) is 2.72. The fourth-order valence-corrected chi connectivity index (χ4v) is 0.885. The minimum Gasteiger partial charge on any atom is -0.273 e. The van der Waals surface area contributed by atoms with Crippen LogP contribution >= 0.6 is 0 Å². The summed E-state index contributed by atoms with van der Waals surface area (Å²) in [6.45, 7) is 3.99. The molecular formula is C9H12N2. The van der Waals surface area contributed by atoms with E-state index in [1.165, 1.54) is 0 Å². The molecule has 1 aromatic heterocycles. The van der Waals surface area contributed by atoms with Crippen molar-refractivity contribution in [1.82, 2.24) is 9.78 Å². The molecule has 0 spiro atoms. The maximum Gasteiger partial charge on any atom is 0.0774 e. The van der Waals surface area contributed by atoms with Crippen LogP contribution in [0.25, 0.3) is 0 Å². The number of hydrogen-bond acceptors (Lipinski definition) is 1. The molecule has 1 unspecified atom stereocenters. The Labute approximate surface area is 67.2 Å². The molecule has 2 nitrogen and oxygen atoms in total. The van der Waals surface area contributed by atoms with E-state index in [9.17, 15) is 0 Å². The average Bonchev–Trinajstić information content (AvgIpc) is 2.31. The third-order valence-corrected chi connectivity index (χ3v) is 1.83. The van der Waals surface area contributed by atoms with E-state index < -0.39 is 0 Å². The first-order chi connectivity index (χ1) is 5.15. The van der Waals surface area contributed by atoms with Crippen molar-refractivity contribution < 1.29 is 0 Å². The molecule has 0 amide bonds. The lowest BCUT2D eigenvalue weighted by Gasteiger charge is -1.95. The molecule has 0 aliphatic heterocycles. The van der Waals surface area contributed by atoms with Crippen molar-refractivity contribution in [2.24, 2.45) is 7.05 Å². The molecule has 0 saturated carbocycles.